The SMILES string of the molecule is COc1ccc(C(C)C2CC3CCC2C3)cc1. The fourth-order valence-corrected chi connectivity index (χ4v) is 4.06. The van der Waals surface area contributed by atoms with E-state index in [-0.39, 0.29) is 0 Å². The second-order valence-corrected chi connectivity index (χ2v) is 5.90. The molecular formula is C16H22O. The maximum absolute atomic E-state index is 5.22. The van der Waals surface area contributed by atoms with Crippen LogP contribution in [0.5, 0.6) is 5.75 Å². The summed E-state index contributed by atoms with van der Waals surface area (Å²) in [5, 5.41) is 0. The van der Waals surface area contributed by atoms with Crippen LogP contribution in [0.15, 0.2) is 24.3 Å². The highest BCUT2D eigenvalue weighted by Crippen LogP contribution is 2.53. The minimum Gasteiger partial charge on any atom is -0.497 e. The first-order valence-electron chi connectivity index (χ1n) is 6.92. The molecule has 1 heteroatoms. The third-order valence-corrected chi connectivity index (χ3v) is 5.08. The molecule has 0 N–H and O–H groups in total. The molecule has 92 valence electrons. The molecule has 0 spiro atoms. The Bertz CT molecular complexity index is 381. The Morgan fingerprint density at radius 1 is 1.12 bits per heavy atom. The van der Waals surface area contributed by atoms with Crippen molar-refractivity contribution in [1.82, 2.24) is 0 Å². The van der Waals surface area contributed by atoms with Crippen molar-refractivity contribution in [3.63, 3.8) is 0 Å². The molecule has 4 atom stereocenters. The van der Waals surface area contributed by atoms with Gasteiger partial charge in [-0.05, 0) is 60.6 Å². The molecule has 0 amide bonds. The number of hydrogen-bond acceptors (Lipinski definition) is 1. The summed E-state index contributed by atoms with van der Waals surface area (Å²) >= 11 is 0. The van der Waals surface area contributed by atoms with Crippen molar-refractivity contribution < 1.29 is 4.74 Å². The van der Waals surface area contributed by atoms with Gasteiger partial charge in [0, 0.05) is 0 Å². The number of benzene rings is 1. The van der Waals surface area contributed by atoms with Crippen LogP contribution in [0, 0.1) is 17.8 Å². The van der Waals surface area contributed by atoms with Crippen molar-refractivity contribution in [2.45, 2.75) is 38.5 Å². The van der Waals surface area contributed by atoms with E-state index in [4.69, 9.17) is 4.74 Å². The van der Waals surface area contributed by atoms with Crippen LogP contribution in [0.1, 0.15) is 44.1 Å². The van der Waals surface area contributed by atoms with Crippen LogP contribution in [0.4, 0.5) is 0 Å². The largest absolute Gasteiger partial charge is 0.497 e. The zero-order valence-corrected chi connectivity index (χ0v) is 10.9. The minimum absolute atomic E-state index is 0.719. The summed E-state index contributed by atoms with van der Waals surface area (Å²) in [7, 11) is 1.73. The predicted octanol–water partition coefficient (Wildman–Crippen LogP) is 4.23. The van der Waals surface area contributed by atoms with E-state index in [1.807, 2.05) is 0 Å². The summed E-state index contributed by atoms with van der Waals surface area (Å²) < 4.78 is 5.22. The Hall–Kier alpha value is -0.980. The van der Waals surface area contributed by atoms with Crippen LogP contribution in [-0.2, 0) is 0 Å². The van der Waals surface area contributed by atoms with E-state index in [1.54, 1.807) is 7.11 Å². The van der Waals surface area contributed by atoms with Crippen LogP contribution in [0.3, 0.4) is 0 Å². The molecule has 1 aromatic carbocycles. The van der Waals surface area contributed by atoms with Gasteiger partial charge in [-0.3, -0.25) is 0 Å². The Morgan fingerprint density at radius 3 is 2.41 bits per heavy atom. The van der Waals surface area contributed by atoms with Crippen LogP contribution in [-0.4, -0.2) is 7.11 Å². The molecule has 1 nitrogen and oxygen atoms in total. The number of fused-ring (bicyclic) bond motifs is 2. The Morgan fingerprint density at radius 2 is 1.88 bits per heavy atom. The van der Waals surface area contributed by atoms with E-state index in [9.17, 15) is 0 Å². The van der Waals surface area contributed by atoms with Crippen LogP contribution in [0.2, 0.25) is 0 Å². The van der Waals surface area contributed by atoms with Gasteiger partial charge >= 0.3 is 0 Å². The average Bonchev–Trinajstić information content (AvgIpc) is 3.00. The highest BCUT2D eigenvalue weighted by atomic mass is 16.5. The van der Waals surface area contributed by atoms with Crippen molar-refractivity contribution in [1.29, 1.82) is 0 Å². The molecule has 2 aliphatic rings. The summed E-state index contributed by atoms with van der Waals surface area (Å²) in [6.07, 6.45) is 5.95. The molecule has 2 fully saturated rings. The van der Waals surface area contributed by atoms with E-state index >= 15 is 0 Å². The zero-order valence-electron chi connectivity index (χ0n) is 10.9. The fraction of sp³-hybridized carbons (Fsp3) is 0.625. The molecule has 1 aromatic rings. The molecule has 0 saturated heterocycles. The van der Waals surface area contributed by atoms with Crippen molar-refractivity contribution in [2.75, 3.05) is 7.11 Å². The summed E-state index contributed by atoms with van der Waals surface area (Å²) in [5.41, 5.74) is 1.49. The smallest absolute Gasteiger partial charge is 0.118 e. The third-order valence-electron chi connectivity index (χ3n) is 5.08. The monoisotopic (exact) mass is 230 g/mol. The van der Waals surface area contributed by atoms with E-state index in [2.05, 4.69) is 31.2 Å². The second kappa shape index (κ2) is 4.36. The lowest BCUT2D eigenvalue weighted by atomic mass is 9.77. The van der Waals surface area contributed by atoms with E-state index < -0.39 is 0 Å². The fourth-order valence-electron chi connectivity index (χ4n) is 4.06. The van der Waals surface area contributed by atoms with Crippen molar-refractivity contribution in [3.05, 3.63) is 29.8 Å². The first kappa shape index (κ1) is 11.1. The summed E-state index contributed by atoms with van der Waals surface area (Å²) in [5.74, 6) is 4.68. The van der Waals surface area contributed by atoms with Crippen LogP contribution < -0.4 is 4.74 Å². The molecule has 2 bridgehead atoms. The van der Waals surface area contributed by atoms with E-state index in [0.717, 1.165) is 29.4 Å². The first-order chi connectivity index (χ1) is 8.28. The molecule has 17 heavy (non-hydrogen) atoms. The molecule has 0 radical (unpaired) electrons. The molecule has 0 aliphatic heterocycles. The molecule has 4 unspecified atom stereocenters. The van der Waals surface area contributed by atoms with Gasteiger partial charge in [-0.2, -0.15) is 0 Å². The Balaban J connectivity index is 1.74. The van der Waals surface area contributed by atoms with Gasteiger partial charge in [0.05, 0.1) is 7.11 Å². The summed E-state index contributed by atoms with van der Waals surface area (Å²) in [6.45, 7) is 2.41. The first-order valence-corrected chi connectivity index (χ1v) is 6.92. The van der Waals surface area contributed by atoms with Gasteiger partial charge in [-0.1, -0.05) is 25.5 Å². The maximum atomic E-state index is 5.22. The highest BCUT2D eigenvalue weighted by Gasteiger charge is 2.41. The lowest BCUT2D eigenvalue weighted by Crippen LogP contribution is -2.17. The summed E-state index contributed by atoms with van der Waals surface area (Å²) in [4.78, 5) is 0. The molecular weight excluding hydrogens is 208 g/mol. The standard InChI is InChI=1S/C16H22O/c1-11(13-5-7-15(17-2)8-6-13)16-10-12-3-4-14(16)9-12/h5-8,11-12,14,16H,3-4,9-10H2,1-2H3. The Labute approximate surface area is 104 Å². The normalized spacial score (nSPS) is 32.7. The van der Waals surface area contributed by atoms with Gasteiger partial charge in [-0.25, -0.2) is 0 Å². The quantitative estimate of drug-likeness (QED) is 0.755. The van der Waals surface area contributed by atoms with Gasteiger partial charge in [-0.15, -0.1) is 0 Å². The molecule has 2 saturated carbocycles. The van der Waals surface area contributed by atoms with Gasteiger partial charge in [0.25, 0.3) is 0 Å². The van der Waals surface area contributed by atoms with Gasteiger partial charge in [0.15, 0.2) is 0 Å². The lowest BCUT2D eigenvalue weighted by molar-refractivity contribution is 0.292. The summed E-state index contributed by atoms with van der Waals surface area (Å²) in [6, 6.07) is 8.68. The van der Waals surface area contributed by atoms with Gasteiger partial charge in [0.1, 0.15) is 5.75 Å². The second-order valence-electron chi connectivity index (χ2n) is 5.90. The average molecular weight is 230 g/mol. The van der Waals surface area contributed by atoms with Crippen molar-refractivity contribution >= 4 is 0 Å². The molecule has 0 aromatic heterocycles. The van der Waals surface area contributed by atoms with Crippen molar-refractivity contribution in [3.8, 4) is 5.75 Å². The molecule has 3 rings (SSSR count). The number of rotatable bonds is 3. The predicted molar refractivity (Wildman–Crippen MR) is 70.3 cm³/mol. The van der Waals surface area contributed by atoms with Gasteiger partial charge in [0.2, 0.25) is 0 Å². The highest BCUT2D eigenvalue weighted by molar-refractivity contribution is 5.29. The zero-order chi connectivity index (χ0) is 11.8. The maximum Gasteiger partial charge on any atom is 0.118 e. The third kappa shape index (κ3) is 1.96. The number of hydrogen-bond donors (Lipinski definition) is 0. The lowest BCUT2D eigenvalue weighted by Gasteiger charge is -2.28. The van der Waals surface area contributed by atoms with E-state index in [0.29, 0.717) is 0 Å². The van der Waals surface area contributed by atoms with Gasteiger partial charge < -0.3 is 4.74 Å². The minimum atomic E-state index is 0.719. The van der Waals surface area contributed by atoms with Crippen LogP contribution >= 0.6 is 0 Å². The number of methoxy groups -OCH3 is 1. The Kier molecular flexibility index (Phi) is 2.85. The topological polar surface area (TPSA) is 9.23 Å². The van der Waals surface area contributed by atoms with Crippen LogP contribution in [0.25, 0.3) is 0 Å². The van der Waals surface area contributed by atoms with Crippen molar-refractivity contribution in [2.24, 2.45) is 17.8 Å². The number of ether oxygens (including phenoxy) is 1. The molecule has 0 heterocycles. The van der Waals surface area contributed by atoms with E-state index in [1.165, 1.54) is 31.2 Å². The molecule has 2 aliphatic carbocycles.